The van der Waals surface area contributed by atoms with Crippen molar-refractivity contribution in [2.75, 3.05) is 0 Å². The van der Waals surface area contributed by atoms with Crippen LogP contribution in [0.4, 0.5) is 13.2 Å². The zero-order valence-electron chi connectivity index (χ0n) is 7.03. The monoisotopic (exact) mass is 206 g/mol. The number of aromatic nitrogens is 3. The maximum absolute atomic E-state index is 11.7. The van der Waals surface area contributed by atoms with Crippen LogP contribution in [0.25, 0.3) is 0 Å². The Kier molecular flexibility index (Phi) is 2.18. The molecular formula is C7H7F3N3O. The van der Waals surface area contributed by atoms with Gasteiger partial charge >= 0.3 is 6.36 Å². The van der Waals surface area contributed by atoms with Crippen molar-refractivity contribution < 1.29 is 17.9 Å². The van der Waals surface area contributed by atoms with Gasteiger partial charge in [-0.25, -0.2) is 4.68 Å². The van der Waals surface area contributed by atoms with Gasteiger partial charge in [-0.05, 0) is 12.8 Å². The SMILES string of the molecule is FC(F)(F)OC1CC(n2c[c]nn2)C1. The van der Waals surface area contributed by atoms with Crippen LogP contribution < -0.4 is 0 Å². The molecule has 14 heavy (non-hydrogen) atoms. The summed E-state index contributed by atoms with van der Waals surface area (Å²) in [5.41, 5.74) is 0. The van der Waals surface area contributed by atoms with E-state index in [9.17, 15) is 13.2 Å². The molecule has 0 spiro atoms. The summed E-state index contributed by atoms with van der Waals surface area (Å²) in [5.74, 6) is 0. The van der Waals surface area contributed by atoms with E-state index >= 15 is 0 Å². The van der Waals surface area contributed by atoms with Crippen LogP contribution in [-0.2, 0) is 4.74 Å². The van der Waals surface area contributed by atoms with Crippen LogP contribution in [-0.4, -0.2) is 27.5 Å². The smallest absolute Gasteiger partial charge is 0.288 e. The Labute approximate surface area is 77.7 Å². The Morgan fingerprint density at radius 1 is 1.43 bits per heavy atom. The maximum atomic E-state index is 11.7. The lowest BCUT2D eigenvalue weighted by molar-refractivity contribution is -0.353. The van der Waals surface area contributed by atoms with E-state index in [-0.39, 0.29) is 6.04 Å². The molecule has 1 aromatic heterocycles. The molecule has 0 aromatic carbocycles. The average molecular weight is 206 g/mol. The van der Waals surface area contributed by atoms with Crippen molar-refractivity contribution in [2.24, 2.45) is 0 Å². The third-order valence-corrected chi connectivity index (χ3v) is 2.14. The Balaban J connectivity index is 1.80. The molecule has 0 N–H and O–H groups in total. The second kappa shape index (κ2) is 3.23. The van der Waals surface area contributed by atoms with E-state index < -0.39 is 12.5 Å². The van der Waals surface area contributed by atoms with Crippen molar-refractivity contribution >= 4 is 0 Å². The third-order valence-electron chi connectivity index (χ3n) is 2.14. The number of hydrogen-bond acceptors (Lipinski definition) is 3. The van der Waals surface area contributed by atoms with Crippen LogP contribution in [0, 0.1) is 6.20 Å². The normalized spacial score (nSPS) is 27.4. The van der Waals surface area contributed by atoms with Gasteiger partial charge in [0.1, 0.15) is 6.20 Å². The van der Waals surface area contributed by atoms with Crippen molar-refractivity contribution in [3.63, 3.8) is 0 Å². The van der Waals surface area contributed by atoms with E-state index in [4.69, 9.17) is 0 Å². The Bertz CT molecular complexity index is 292. The molecule has 7 heteroatoms. The number of nitrogens with zero attached hydrogens (tertiary/aromatic N) is 3. The molecule has 0 unspecified atom stereocenters. The molecule has 2 rings (SSSR count). The fraction of sp³-hybridized carbons (Fsp3) is 0.714. The highest BCUT2D eigenvalue weighted by molar-refractivity contribution is 4.85. The summed E-state index contributed by atoms with van der Waals surface area (Å²) in [4.78, 5) is 0. The maximum Gasteiger partial charge on any atom is 0.522 e. The minimum Gasteiger partial charge on any atom is -0.288 e. The van der Waals surface area contributed by atoms with Gasteiger partial charge in [-0.15, -0.1) is 18.3 Å². The van der Waals surface area contributed by atoms with Crippen LogP contribution in [0.5, 0.6) is 0 Å². The number of alkyl halides is 3. The summed E-state index contributed by atoms with van der Waals surface area (Å²) in [6.45, 7) is 0. The summed E-state index contributed by atoms with van der Waals surface area (Å²) in [6, 6.07) is -0.0406. The molecule has 0 bridgehead atoms. The zero-order valence-corrected chi connectivity index (χ0v) is 7.03. The summed E-state index contributed by atoms with van der Waals surface area (Å²) < 4.78 is 40.5. The molecule has 0 amide bonds. The van der Waals surface area contributed by atoms with Crippen molar-refractivity contribution in [1.82, 2.24) is 15.0 Å². The predicted octanol–water partition coefficient (Wildman–Crippen LogP) is 1.32. The second-order valence-electron chi connectivity index (χ2n) is 3.14. The fourth-order valence-corrected chi connectivity index (χ4v) is 1.41. The highest BCUT2D eigenvalue weighted by Crippen LogP contribution is 2.37. The Morgan fingerprint density at radius 3 is 2.64 bits per heavy atom. The van der Waals surface area contributed by atoms with Crippen molar-refractivity contribution in [3.8, 4) is 0 Å². The first kappa shape index (κ1) is 9.45. The first-order chi connectivity index (χ1) is 6.54. The molecule has 0 saturated heterocycles. The first-order valence-corrected chi connectivity index (χ1v) is 4.07. The Hall–Kier alpha value is -1.11. The third kappa shape index (κ3) is 2.03. The molecule has 1 heterocycles. The van der Waals surface area contributed by atoms with Gasteiger partial charge in [0.15, 0.2) is 0 Å². The van der Waals surface area contributed by atoms with E-state index in [1.807, 2.05) is 0 Å². The molecule has 77 valence electrons. The van der Waals surface area contributed by atoms with E-state index in [1.165, 1.54) is 10.9 Å². The molecule has 1 saturated carbocycles. The number of halogens is 3. The van der Waals surface area contributed by atoms with Gasteiger partial charge in [0, 0.05) is 0 Å². The molecular weight excluding hydrogens is 199 g/mol. The quantitative estimate of drug-likeness (QED) is 0.732. The van der Waals surface area contributed by atoms with Crippen LogP contribution in [0.1, 0.15) is 18.9 Å². The van der Waals surface area contributed by atoms with Crippen molar-refractivity contribution in [2.45, 2.75) is 31.3 Å². The minimum atomic E-state index is -4.54. The molecule has 1 aromatic rings. The van der Waals surface area contributed by atoms with Gasteiger partial charge in [-0.1, -0.05) is 5.21 Å². The van der Waals surface area contributed by atoms with E-state index in [2.05, 4.69) is 21.2 Å². The lowest BCUT2D eigenvalue weighted by Crippen LogP contribution is -2.37. The molecule has 1 radical (unpaired) electrons. The van der Waals surface area contributed by atoms with E-state index in [0.29, 0.717) is 12.8 Å². The molecule has 1 aliphatic rings. The van der Waals surface area contributed by atoms with E-state index in [1.54, 1.807) is 0 Å². The van der Waals surface area contributed by atoms with Crippen LogP contribution in [0.2, 0.25) is 0 Å². The second-order valence-corrected chi connectivity index (χ2v) is 3.14. The zero-order chi connectivity index (χ0) is 10.2. The topological polar surface area (TPSA) is 39.9 Å². The van der Waals surface area contributed by atoms with Gasteiger partial charge in [-0.3, -0.25) is 4.74 Å². The van der Waals surface area contributed by atoms with Gasteiger partial charge in [0.2, 0.25) is 0 Å². The van der Waals surface area contributed by atoms with Gasteiger partial charge in [-0.2, -0.15) is 0 Å². The summed E-state index contributed by atoms with van der Waals surface area (Å²) in [5, 5.41) is 7.09. The summed E-state index contributed by atoms with van der Waals surface area (Å²) in [7, 11) is 0. The minimum absolute atomic E-state index is 0.0406. The van der Waals surface area contributed by atoms with Gasteiger partial charge in [0.05, 0.1) is 18.3 Å². The highest BCUT2D eigenvalue weighted by atomic mass is 19.4. The highest BCUT2D eigenvalue weighted by Gasteiger charge is 2.41. The number of ether oxygens (including phenoxy) is 1. The van der Waals surface area contributed by atoms with Crippen LogP contribution in [0.3, 0.4) is 0 Å². The first-order valence-electron chi connectivity index (χ1n) is 4.07. The predicted molar refractivity (Wildman–Crippen MR) is 38.1 cm³/mol. The van der Waals surface area contributed by atoms with Crippen molar-refractivity contribution in [1.29, 1.82) is 0 Å². The number of hydrogen-bond donors (Lipinski definition) is 0. The van der Waals surface area contributed by atoms with Gasteiger partial charge in [0.25, 0.3) is 0 Å². The molecule has 1 fully saturated rings. The lowest BCUT2D eigenvalue weighted by Gasteiger charge is -2.34. The summed E-state index contributed by atoms with van der Waals surface area (Å²) >= 11 is 0. The summed E-state index contributed by atoms with van der Waals surface area (Å²) in [6.07, 6.45) is -0.662. The van der Waals surface area contributed by atoms with Crippen molar-refractivity contribution in [3.05, 3.63) is 12.4 Å². The fourth-order valence-electron chi connectivity index (χ4n) is 1.41. The molecule has 0 aliphatic heterocycles. The number of rotatable bonds is 2. The molecule has 4 nitrogen and oxygen atoms in total. The Morgan fingerprint density at radius 2 is 2.14 bits per heavy atom. The molecule has 1 aliphatic carbocycles. The largest absolute Gasteiger partial charge is 0.522 e. The standard InChI is InChI=1S/C7H7F3N3O/c8-7(9,10)14-6-3-5(4-6)13-2-1-11-12-13/h2,5-6H,3-4H2. The average Bonchev–Trinajstić information content (AvgIpc) is 2.45. The van der Waals surface area contributed by atoms with Crippen LogP contribution >= 0.6 is 0 Å². The van der Waals surface area contributed by atoms with Gasteiger partial charge < -0.3 is 0 Å². The van der Waals surface area contributed by atoms with E-state index in [0.717, 1.165) is 0 Å². The lowest BCUT2D eigenvalue weighted by atomic mass is 9.89. The molecule has 0 atom stereocenters. The van der Waals surface area contributed by atoms with Crippen LogP contribution in [0.15, 0.2) is 6.20 Å².